The third-order valence-electron chi connectivity index (χ3n) is 4.88. The van der Waals surface area contributed by atoms with Crippen molar-refractivity contribution in [2.24, 2.45) is 7.05 Å². The summed E-state index contributed by atoms with van der Waals surface area (Å²) in [6.45, 7) is 1.26. The summed E-state index contributed by atoms with van der Waals surface area (Å²) in [4.78, 5) is 38.6. The Morgan fingerprint density at radius 1 is 1.14 bits per heavy atom. The fourth-order valence-electron chi connectivity index (χ4n) is 3.34. The van der Waals surface area contributed by atoms with Crippen LogP contribution in [0.25, 0.3) is 10.8 Å². The molecular formula is C20H19N5O3. The second-order valence-corrected chi connectivity index (χ2v) is 6.93. The summed E-state index contributed by atoms with van der Waals surface area (Å²) in [5.74, 6) is -0.606. The molecule has 0 spiro atoms. The summed E-state index contributed by atoms with van der Waals surface area (Å²) in [6.07, 6.45) is 1.68. The van der Waals surface area contributed by atoms with Gasteiger partial charge in [0, 0.05) is 19.3 Å². The SMILES string of the molecule is Cn1ccc(NC(=O)CN2C(=O)N[C@](C)(c3ccc4ccccc4c3)C2=O)n1. The van der Waals surface area contributed by atoms with E-state index in [0.717, 1.165) is 15.7 Å². The van der Waals surface area contributed by atoms with E-state index in [4.69, 9.17) is 0 Å². The molecule has 0 radical (unpaired) electrons. The highest BCUT2D eigenvalue weighted by Crippen LogP contribution is 2.30. The average Bonchev–Trinajstić information content (AvgIpc) is 3.17. The van der Waals surface area contributed by atoms with Gasteiger partial charge in [-0.2, -0.15) is 5.10 Å². The van der Waals surface area contributed by atoms with E-state index in [1.807, 2.05) is 42.5 Å². The maximum atomic E-state index is 13.0. The van der Waals surface area contributed by atoms with E-state index in [2.05, 4.69) is 15.7 Å². The normalized spacial score (nSPS) is 19.1. The molecule has 3 aromatic rings. The van der Waals surface area contributed by atoms with Gasteiger partial charge in [0.25, 0.3) is 5.91 Å². The lowest BCUT2D eigenvalue weighted by atomic mass is 9.90. The fraction of sp³-hybridized carbons (Fsp3) is 0.200. The number of nitrogens with zero attached hydrogens (tertiary/aromatic N) is 3. The number of benzene rings is 2. The number of aryl methyl sites for hydroxylation is 1. The molecule has 2 aromatic carbocycles. The summed E-state index contributed by atoms with van der Waals surface area (Å²) >= 11 is 0. The van der Waals surface area contributed by atoms with Crippen LogP contribution in [0, 0.1) is 0 Å². The first-order chi connectivity index (χ1) is 13.4. The summed E-state index contributed by atoms with van der Waals surface area (Å²) in [7, 11) is 1.72. The van der Waals surface area contributed by atoms with Gasteiger partial charge in [0.2, 0.25) is 5.91 Å². The van der Waals surface area contributed by atoms with Crippen LogP contribution >= 0.6 is 0 Å². The average molecular weight is 377 g/mol. The van der Waals surface area contributed by atoms with E-state index in [1.54, 1.807) is 30.9 Å². The molecule has 1 fully saturated rings. The largest absolute Gasteiger partial charge is 0.325 e. The Hall–Kier alpha value is -3.68. The van der Waals surface area contributed by atoms with Crippen LogP contribution in [0.2, 0.25) is 0 Å². The molecule has 4 amide bonds. The number of imide groups is 1. The number of fused-ring (bicyclic) bond motifs is 1. The Morgan fingerprint density at radius 3 is 2.61 bits per heavy atom. The lowest BCUT2D eigenvalue weighted by Gasteiger charge is -2.22. The molecule has 8 heteroatoms. The van der Waals surface area contributed by atoms with Crippen LogP contribution in [0.4, 0.5) is 10.6 Å². The third kappa shape index (κ3) is 2.98. The predicted octanol–water partition coefficient (Wildman–Crippen LogP) is 1.98. The molecule has 142 valence electrons. The van der Waals surface area contributed by atoms with Gasteiger partial charge in [-0.25, -0.2) is 4.79 Å². The second kappa shape index (κ2) is 6.49. The number of urea groups is 1. The minimum absolute atomic E-state index is 0.358. The Labute approximate surface area is 161 Å². The molecule has 1 aromatic heterocycles. The van der Waals surface area contributed by atoms with Gasteiger partial charge in [-0.3, -0.25) is 19.2 Å². The molecule has 2 heterocycles. The Balaban J connectivity index is 1.55. The fourth-order valence-corrected chi connectivity index (χ4v) is 3.34. The van der Waals surface area contributed by atoms with E-state index in [-0.39, 0.29) is 6.54 Å². The van der Waals surface area contributed by atoms with Gasteiger partial charge < -0.3 is 10.6 Å². The minimum Gasteiger partial charge on any atom is -0.319 e. The Kier molecular flexibility index (Phi) is 4.11. The molecule has 0 aliphatic carbocycles. The quantitative estimate of drug-likeness (QED) is 0.680. The number of hydrogen-bond donors (Lipinski definition) is 2. The first kappa shape index (κ1) is 17.7. The van der Waals surface area contributed by atoms with E-state index in [9.17, 15) is 14.4 Å². The van der Waals surface area contributed by atoms with Crippen molar-refractivity contribution < 1.29 is 14.4 Å². The molecule has 28 heavy (non-hydrogen) atoms. The van der Waals surface area contributed by atoms with Crippen LogP contribution in [0.3, 0.4) is 0 Å². The molecular weight excluding hydrogens is 358 g/mol. The highest BCUT2D eigenvalue weighted by atomic mass is 16.2. The molecule has 1 atom stereocenters. The van der Waals surface area contributed by atoms with Gasteiger partial charge >= 0.3 is 6.03 Å². The zero-order valence-electron chi connectivity index (χ0n) is 15.5. The number of carbonyl (C=O) groups excluding carboxylic acids is 3. The summed E-state index contributed by atoms with van der Waals surface area (Å²) in [5.41, 5.74) is -0.566. The molecule has 1 saturated heterocycles. The third-order valence-corrected chi connectivity index (χ3v) is 4.88. The minimum atomic E-state index is -1.23. The van der Waals surface area contributed by atoms with Crippen LogP contribution in [0.5, 0.6) is 0 Å². The second-order valence-electron chi connectivity index (χ2n) is 6.93. The van der Waals surface area contributed by atoms with Crippen molar-refractivity contribution in [3.8, 4) is 0 Å². The van der Waals surface area contributed by atoms with Gasteiger partial charge in [-0.1, -0.05) is 36.4 Å². The molecule has 8 nitrogen and oxygen atoms in total. The number of hydrogen-bond acceptors (Lipinski definition) is 4. The smallest absolute Gasteiger partial charge is 0.319 e. The van der Waals surface area contributed by atoms with Gasteiger partial charge in [-0.05, 0) is 29.3 Å². The first-order valence-electron chi connectivity index (χ1n) is 8.80. The molecule has 0 saturated carbocycles. The van der Waals surface area contributed by atoms with Crippen molar-refractivity contribution in [2.75, 3.05) is 11.9 Å². The molecule has 0 unspecified atom stereocenters. The van der Waals surface area contributed by atoms with Crippen LogP contribution in [-0.4, -0.2) is 39.1 Å². The standard InChI is InChI=1S/C20H19N5O3/c1-20(15-8-7-13-5-3-4-6-14(13)11-15)18(27)25(19(28)22-20)12-17(26)21-16-9-10-24(2)23-16/h3-11H,12H2,1-2H3,(H,22,28)(H,21,23,26)/t20-/m1/s1. The maximum absolute atomic E-state index is 13.0. The van der Waals surface area contributed by atoms with E-state index in [0.29, 0.717) is 11.4 Å². The van der Waals surface area contributed by atoms with E-state index >= 15 is 0 Å². The predicted molar refractivity (Wildman–Crippen MR) is 103 cm³/mol. The van der Waals surface area contributed by atoms with Crippen molar-refractivity contribution >= 4 is 34.4 Å². The number of carbonyl (C=O) groups is 3. The number of aromatic nitrogens is 2. The van der Waals surface area contributed by atoms with Crippen molar-refractivity contribution in [3.63, 3.8) is 0 Å². The van der Waals surface area contributed by atoms with Gasteiger partial charge in [0.1, 0.15) is 12.1 Å². The molecule has 1 aliphatic heterocycles. The number of nitrogens with one attached hydrogen (secondary N) is 2. The topological polar surface area (TPSA) is 96.3 Å². The van der Waals surface area contributed by atoms with Gasteiger partial charge in [-0.15, -0.1) is 0 Å². The molecule has 1 aliphatic rings. The summed E-state index contributed by atoms with van der Waals surface area (Å²) < 4.78 is 1.54. The van der Waals surface area contributed by atoms with Crippen LogP contribution in [0.1, 0.15) is 12.5 Å². The highest BCUT2D eigenvalue weighted by Gasteiger charge is 2.49. The van der Waals surface area contributed by atoms with Crippen LogP contribution < -0.4 is 10.6 Å². The van der Waals surface area contributed by atoms with Crippen molar-refractivity contribution in [1.29, 1.82) is 0 Å². The summed E-state index contributed by atoms with van der Waals surface area (Å²) in [6, 6.07) is 14.4. The van der Waals surface area contributed by atoms with Gasteiger partial charge in [0.15, 0.2) is 5.82 Å². The molecule has 2 N–H and O–H groups in total. The Bertz CT molecular complexity index is 1110. The van der Waals surface area contributed by atoms with E-state index < -0.39 is 23.4 Å². The van der Waals surface area contributed by atoms with E-state index in [1.165, 1.54) is 0 Å². The van der Waals surface area contributed by atoms with Crippen LogP contribution in [-0.2, 0) is 22.2 Å². The van der Waals surface area contributed by atoms with Gasteiger partial charge in [0.05, 0.1) is 0 Å². The monoisotopic (exact) mass is 377 g/mol. The zero-order chi connectivity index (χ0) is 19.9. The summed E-state index contributed by atoms with van der Waals surface area (Å²) in [5, 5.41) is 11.4. The van der Waals surface area contributed by atoms with Crippen molar-refractivity contribution in [2.45, 2.75) is 12.5 Å². The van der Waals surface area contributed by atoms with Crippen molar-refractivity contribution in [1.82, 2.24) is 20.0 Å². The number of anilines is 1. The first-order valence-corrected chi connectivity index (χ1v) is 8.80. The Morgan fingerprint density at radius 2 is 1.89 bits per heavy atom. The number of rotatable bonds is 4. The molecule has 4 rings (SSSR count). The van der Waals surface area contributed by atoms with Crippen LogP contribution in [0.15, 0.2) is 54.7 Å². The lowest BCUT2D eigenvalue weighted by molar-refractivity contribution is -0.133. The zero-order valence-corrected chi connectivity index (χ0v) is 15.5. The maximum Gasteiger partial charge on any atom is 0.325 e. The highest BCUT2D eigenvalue weighted by molar-refractivity contribution is 6.10. The lowest BCUT2D eigenvalue weighted by Crippen LogP contribution is -2.42. The van der Waals surface area contributed by atoms with Crippen molar-refractivity contribution in [3.05, 3.63) is 60.3 Å². The molecule has 0 bridgehead atoms. The number of amides is 4.